The van der Waals surface area contributed by atoms with E-state index in [1.165, 1.54) is 6.92 Å². The number of hydrogen-bond acceptors (Lipinski definition) is 3. The van der Waals surface area contributed by atoms with E-state index in [0.717, 1.165) is 0 Å². The Morgan fingerprint density at radius 2 is 2.25 bits per heavy atom. The number of thiol groups is 1. The lowest BCUT2D eigenvalue weighted by atomic mass is 10.4. The first kappa shape index (κ1) is 10.9. The van der Waals surface area contributed by atoms with Gasteiger partial charge in [0.1, 0.15) is 6.04 Å². The fraction of sp³-hybridized carbons (Fsp3) is 0.667. The van der Waals surface area contributed by atoms with Crippen molar-refractivity contribution in [2.24, 2.45) is 0 Å². The van der Waals surface area contributed by atoms with Crippen molar-refractivity contribution in [3.63, 3.8) is 0 Å². The Morgan fingerprint density at radius 1 is 1.88 bits per heavy atom. The van der Waals surface area contributed by atoms with Gasteiger partial charge in [-0.2, -0.15) is 0 Å². The maximum atomic E-state index is 9.82. The maximum Gasteiger partial charge on any atom is 0.321 e. The third-order valence-corrected chi connectivity index (χ3v) is 0.951. The standard InChI is InChI=1S/C3H7NO2S.ClH/c1-2(4-7)3(5)6;/h2,4,7H,1H3,(H,5,6);1H/t2-;/m0./s1. The van der Waals surface area contributed by atoms with Gasteiger partial charge in [-0.1, -0.05) is 12.8 Å². The predicted octanol–water partition coefficient (Wildman–Crippen LogP) is 0.316. The van der Waals surface area contributed by atoms with E-state index in [1.54, 1.807) is 0 Å². The van der Waals surface area contributed by atoms with E-state index in [2.05, 4.69) is 17.5 Å². The zero-order chi connectivity index (χ0) is 5.86. The number of halogens is 1. The minimum Gasteiger partial charge on any atom is -0.480 e. The van der Waals surface area contributed by atoms with Gasteiger partial charge >= 0.3 is 5.97 Å². The average molecular weight is 158 g/mol. The monoisotopic (exact) mass is 157 g/mol. The largest absolute Gasteiger partial charge is 0.480 e. The minimum atomic E-state index is -0.894. The molecule has 0 fully saturated rings. The molecule has 0 heterocycles. The van der Waals surface area contributed by atoms with Crippen LogP contribution in [0.3, 0.4) is 0 Å². The summed E-state index contributed by atoms with van der Waals surface area (Å²) in [5.74, 6) is -0.894. The van der Waals surface area contributed by atoms with E-state index in [0.29, 0.717) is 0 Å². The van der Waals surface area contributed by atoms with Gasteiger partial charge in [0.2, 0.25) is 0 Å². The molecule has 0 saturated carbocycles. The number of carboxylic acid groups (broad SMARTS) is 1. The van der Waals surface area contributed by atoms with Gasteiger partial charge in [-0.25, -0.2) is 0 Å². The summed E-state index contributed by atoms with van der Waals surface area (Å²) in [4.78, 5) is 9.82. The number of carboxylic acids is 1. The quantitative estimate of drug-likeness (QED) is 0.506. The third-order valence-electron chi connectivity index (χ3n) is 0.564. The third kappa shape index (κ3) is 4.23. The van der Waals surface area contributed by atoms with Crippen LogP contribution in [0.1, 0.15) is 6.92 Å². The molecule has 0 spiro atoms. The molecule has 0 rings (SSSR count). The van der Waals surface area contributed by atoms with Crippen LogP contribution in [0.5, 0.6) is 0 Å². The minimum absolute atomic E-state index is 0. The predicted molar refractivity (Wildman–Crippen MR) is 36.5 cm³/mol. The van der Waals surface area contributed by atoms with Crippen LogP contribution in [-0.4, -0.2) is 17.1 Å². The van der Waals surface area contributed by atoms with Gasteiger partial charge in [0.15, 0.2) is 0 Å². The molecule has 0 aliphatic carbocycles. The molecule has 2 N–H and O–H groups in total. The Morgan fingerprint density at radius 3 is 2.25 bits per heavy atom. The summed E-state index contributed by atoms with van der Waals surface area (Å²) < 4.78 is 2.26. The zero-order valence-electron chi connectivity index (χ0n) is 4.29. The van der Waals surface area contributed by atoms with Crippen LogP contribution in [0.15, 0.2) is 0 Å². The molecule has 1 atom stereocenters. The first-order valence-electron chi connectivity index (χ1n) is 1.81. The van der Waals surface area contributed by atoms with Gasteiger partial charge in [-0.15, -0.1) is 12.4 Å². The zero-order valence-corrected chi connectivity index (χ0v) is 6.00. The molecule has 0 aromatic rings. The van der Waals surface area contributed by atoms with Crippen molar-refractivity contribution in [1.29, 1.82) is 0 Å². The van der Waals surface area contributed by atoms with E-state index in [9.17, 15) is 4.79 Å². The topological polar surface area (TPSA) is 49.3 Å². The summed E-state index contributed by atoms with van der Waals surface area (Å²) in [6, 6.07) is -0.566. The fourth-order valence-corrected chi connectivity index (χ4v) is 0.166. The van der Waals surface area contributed by atoms with Crippen molar-refractivity contribution < 1.29 is 9.90 Å². The lowest BCUT2D eigenvalue weighted by Gasteiger charge is -1.98. The Kier molecular flexibility index (Phi) is 7.13. The summed E-state index contributed by atoms with van der Waals surface area (Å²) >= 11 is 3.52. The number of hydrogen-bond donors (Lipinski definition) is 3. The van der Waals surface area contributed by atoms with E-state index in [-0.39, 0.29) is 12.4 Å². The van der Waals surface area contributed by atoms with Crippen LogP contribution in [0, 0.1) is 0 Å². The highest BCUT2D eigenvalue weighted by atomic mass is 35.5. The summed E-state index contributed by atoms with van der Waals surface area (Å²) in [6.45, 7) is 1.51. The maximum absolute atomic E-state index is 9.82. The number of nitrogens with one attached hydrogen (secondary N) is 1. The normalized spacial score (nSPS) is 11.8. The van der Waals surface area contributed by atoms with Gasteiger partial charge in [-0.05, 0) is 6.92 Å². The lowest BCUT2D eigenvalue weighted by molar-refractivity contribution is -0.138. The summed E-state index contributed by atoms with van der Waals surface area (Å²) in [6.07, 6.45) is 0. The highest BCUT2D eigenvalue weighted by Crippen LogP contribution is 1.79. The van der Waals surface area contributed by atoms with E-state index in [4.69, 9.17) is 5.11 Å². The Balaban J connectivity index is 0. The smallest absolute Gasteiger partial charge is 0.321 e. The fourth-order valence-electron chi connectivity index (χ4n) is 0.0552. The number of carbonyl (C=O) groups is 1. The Labute approximate surface area is 59.4 Å². The van der Waals surface area contributed by atoms with Gasteiger partial charge in [-0.3, -0.25) is 9.52 Å². The molecule has 5 heteroatoms. The molecule has 0 amide bonds. The van der Waals surface area contributed by atoms with Crippen molar-refractivity contribution in [2.45, 2.75) is 13.0 Å². The molecule has 0 unspecified atom stereocenters. The molecule has 0 bridgehead atoms. The molecule has 0 aromatic carbocycles. The SMILES string of the molecule is C[C@H](NS)C(=O)O.Cl. The second kappa shape index (κ2) is 5.21. The Bertz CT molecular complexity index is 79.7. The van der Waals surface area contributed by atoms with Gasteiger partial charge < -0.3 is 5.11 Å². The van der Waals surface area contributed by atoms with Gasteiger partial charge in [0.25, 0.3) is 0 Å². The molecular formula is C3H8ClNO2S. The molecule has 3 nitrogen and oxygen atoms in total. The van der Waals surface area contributed by atoms with Crippen LogP contribution in [0.2, 0.25) is 0 Å². The highest BCUT2D eigenvalue weighted by molar-refractivity contribution is 7.78. The van der Waals surface area contributed by atoms with E-state index >= 15 is 0 Å². The van der Waals surface area contributed by atoms with Crippen molar-refractivity contribution in [3.05, 3.63) is 0 Å². The van der Waals surface area contributed by atoms with Crippen molar-refractivity contribution in [3.8, 4) is 0 Å². The highest BCUT2D eigenvalue weighted by Gasteiger charge is 2.04. The lowest BCUT2D eigenvalue weighted by Crippen LogP contribution is -2.26. The van der Waals surface area contributed by atoms with Crippen molar-refractivity contribution in [1.82, 2.24) is 4.72 Å². The molecule has 0 saturated heterocycles. The molecule has 50 valence electrons. The second-order valence-electron chi connectivity index (χ2n) is 1.19. The summed E-state index contributed by atoms with van der Waals surface area (Å²) in [7, 11) is 0. The van der Waals surface area contributed by atoms with Crippen molar-refractivity contribution in [2.75, 3.05) is 0 Å². The van der Waals surface area contributed by atoms with Gasteiger partial charge in [0, 0.05) is 0 Å². The molecule has 0 aliphatic heterocycles. The van der Waals surface area contributed by atoms with E-state index < -0.39 is 12.0 Å². The van der Waals surface area contributed by atoms with Gasteiger partial charge in [0.05, 0.1) is 0 Å². The summed E-state index contributed by atoms with van der Waals surface area (Å²) in [5.41, 5.74) is 0. The molecular weight excluding hydrogens is 150 g/mol. The van der Waals surface area contributed by atoms with Crippen LogP contribution in [0.4, 0.5) is 0 Å². The van der Waals surface area contributed by atoms with Crippen LogP contribution in [-0.2, 0) is 4.79 Å². The molecule has 0 aromatic heterocycles. The molecule has 0 aliphatic rings. The molecule has 8 heavy (non-hydrogen) atoms. The average Bonchev–Trinajstić information content (AvgIpc) is 1.65. The summed E-state index contributed by atoms with van der Waals surface area (Å²) in [5, 5.41) is 8.07. The van der Waals surface area contributed by atoms with Crippen LogP contribution in [0.25, 0.3) is 0 Å². The van der Waals surface area contributed by atoms with Crippen molar-refractivity contribution >= 4 is 31.2 Å². The number of aliphatic carboxylic acids is 1. The Hall–Kier alpha value is 0.0700. The second-order valence-corrected chi connectivity index (χ2v) is 1.45. The van der Waals surface area contributed by atoms with Crippen LogP contribution >= 0.6 is 25.2 Å². The first-order chi connectivity index (χ1) is 3.18. The molecule has 0 radical (unpaired) electrons. The van der Waals surface area contributed by atoms with E-state index in [1.807, 2.05) is 0 Å². The number of rotatable bonds is 2. The van der Waals surface area contributed by atoms with Crippen LogP contribution < -0.4 is 4.72 Å². The first-order valence-corrected chi connectivity index (χ1v) is 2.25.